The molecule has 3 heteroatoms. The Kier molecular flexibility index (Phi) is 4.37. The van der Waals surface area contributed by atoms with Gasteiger partial charge in [-0.25, -0.2) is 4.98 Å². The molecule has 0 spiro atoms. The van der Waals surface area contributed by atoms with Crippen LogP contribution >= 0.6 is 11.6 Å². The molecule has 0 amide bonds. The zero-order valence-electron chi connectivity index (χ0n) is 15.4. The summed E-state index contributed by atoms with van der Waals surface area (Å²) in [5.41, 5.74) is 4.65. The monoisotopic (exact) mass is 374 g/mol. The number of benzene rings is 2. The van der Waals surface area contributed by atoms with E-state index in [0.717, 1.165) is 34.3 Å². The third-order valence-corrected chi connectivity index (χ3v) is 6.19. The van der Waals surface area contributed by atoms with Gasteiger partial charge in [-0.2, -0.15) is 0 Å². The van der Waals surface area contributed by atoms with Crippen LogP contribution in [0.5, 0.6) is 0 Å². The minimum absolute atomic E-state index is 0.760. The second kappa shape index (κ2) is 7.01. The molecule has 2 aromatic heterocycles. The maximum absolute atomic E-state index is 6.13. The summed E-state index contributed by atoms with van der Waals surface area (Å²) in [4.78, 5) is 5.13. The Labute approximate surface area is 164 Å². The van der Waals surface area contributed by atoms with Crippen LogP contribution in [0, 0.1) is 5.92 Å². The summed E-state index contributed by atoms with van der Waals surface area (Å²) in [7, 11) is 0. The van der Waals surface area contributed by atoms with Crippen LogP contribution in [0.15, 0.2) is 60.8 Å². The second-order valence-electron chi connectivity index (χ2n) is 7.72. The van der Waals surface area contributed by atoms with Crippen molar-refractivity contribution in [1.82, 2.24) is 9.38 Å². The van der Waals surface area contributed by atoms with Crippen LogP contribution in [-0.4, -0.2) is 9.38 Å². The van der Waals surface area contributed by atoms with Crippen LogP contribution in [-0.2, 0) is 6.42 Å². The number of imidazole rings is 1. The highest BCUT2D eigenvalue weighted by Gasteiger charge is 2.21. The number of hydrogen-bond acceptors (Lipinski definition) is 1. The maximum atomic E-state index is 6.13. The third-order valence-electron chi connectivity index (χ3n) is 5.94. The number of aromatic nitrogens is 2. The van der Waals surface area contributed by atoms with Gasteiger partial charge in [-0.05, 0) is 35.9 Å². The van der Waals surface area contributed by atoms with Crippen molar-refractivity contribution < 1.29 is 0 Å². The molecule has 0 N–H and O–H groups in total. The molecule has 0 unspecified atom stereocenters. The van der Waals surface area contributed by atoms with Crippen molar-refractivity contribution in [1.29, 1.82) is 0 Å². The van der Waals surface area contributed by atoms with E-state index in [0.29, 0.717) is 0 Å². The number of nitrogens with zero attached hydrogens (tertiary/aromatic N) is 2. The average Bonchev–Trinajstić information content (AvgIpc) is 3.08. The predicted molar refractivity (Wildman–Crippen MR) is 113 cm³/mol. The van der Waals surface area contributed by atoms with E-state index in [1.807, 2.05) is 12.1 Å². The normalized spacial score (nSPS) is 15.6. The lowest BCUT2D eigenvalue weighted by Crippen LogP contribution is -2.11. The van der Waals surface area contributed by atoms with Crippen molar-refractivity contribution >= 4 is 28.0 Å². The molecule has 0 atom stereocenters. The van der Waals surface area contributed by atoms with E-state index in [9.17, 15) is 0 Å². The first-order valence-electron chi connectivity index (χ1n) is 9.94. The van der Waals surface area contributed by atoms with Gasteiger partial charge in [0.15, 0.2) is 0 Å². The molecule has 0 radical (unpaired) electrons. The van der Waals surface area contributed by atoms with E-state index >= 15 is 0 Å². The molecule has 1 fully saturated rings. The highest BCUT2D eigenvalue weighted by Crippen LogP contribution is 2.34. The Morgan fingerprint density at radius 2 is 1.70 bits per heavy atom. The third kappa shape index (κ3) is 3.12. The van der Waals surface area contributed by atoms with Crippen molar-refractivity contribution in [3.05, 3.63) is 71.5 Å². The lowest BCUT2D eigenvalue weighted by Gasteiger charge is -2.21. The molecule has 0 bridgehead atoms. The van der Waals surface area contributed by atoms with Gasteiger partial charge in [0.2, 0.25) is 0 Å². The summed E-state index contributed by atoms with van der Waals surface area (Å²) in [5.74, 6) is 0.760. The molecular weight excluding hydrogens is 352 g/mol. The molecule has 136 valence electrons. The first-order chi connectivity index (χ1) is 13.3. The smallest absolute Gasteiger partial charge is 0.145 e. The van der Waals surface area contributed by atoms with Crippen LogP contribution in [0.3, 0.4) is 0 Å². The van der Waals surface area contributed by atoms with Gasteiger partial charge >= 0.3 is 0 Å². The van der Waals surface area contributed by atoms with Crippen molar-refractivity contribution in [2.45, 2.75) is 38.5 Å². The van der Waals surface area contributed by atoms with E-state index in [1.165, 1.54) is 48.6 Å². The van der Waals surface area contributed by atoms with E-state index < -0.39 is 0 Å². The second-order valence-corrected chi connectivity index (χ2v) is 8.16. The Bertz CT molecular complexity index is 1090. The van der Waals surface area contributed by atoms with Crippen LogP contribution < -0.4 is 0 Å². The topological polar surface area (TPSA) is 17.3 Å². The van der Waals surface area contributed by atoms with E-state index in [2.05, 4.69) is 53.1 Å². The maximum Gasteiger partial charge on any atom is 0.145 e. The van der Waals surface area contributed by atoms with Crippen LogP contribution in [0.25, 0.3) is 27.7 Å². The molecule has 5 rings (SSSR count). The van der Waals surface area contributed by atoms with Gasteiger partial charge in [-0.1, -0.05) is 80.1 Å². The number of fused-ring (bicyclic) bond motifs is 3. The molecule has 1 saturated carbocycles. The highest BCUT2D eigenvalue weighted by molar-refractivity contribution is 6.30. The standard InChI is InChI=1S/C24H23ClN2/c25-20-12-10-19(11-13-20)23-22(16-17-6-2-1-3-7-17)27-15-14-18-8-4-5-9-21(18)24(27)26-23/h4-5,8-15,17H,1-3,6-7,16H2. The molecule has 2 heterocycles. The van der Waals surface area contributed by atoms with Crippen LogP contribution in [0.1, 0.15) is 37.8 Å². The molecule has 0 aliphatic heterocycles. The molecule has 4 aromatic rings. The van der Waals surface area contributed by atoms with Gasteiger partial charge in [-0.3, -0.25) is 0 Å². The van der Waals surface area contributed by atoms with Crippen molar-refractivity contribution in [2.75, 3.05) is 0 Å². The van der Waals surface area contributed by atoms with Crippen LogP contribution in [0.4, 0.5) is 0 Å². The summed E-state index contributed by atoms with van der Waals surface area (Å²) in [5, 5.41) is 3.22. The summed E-state index contributed by atoms with van der Waals surface area (Å²) < 4.78 is 2.32. The minimum atomic E-state index is 0.760. The summed E-state index contributed by atoms with van der Waals surface area (Å²) in [6.07, 6.45) is 10.1. The fourth-order valence-electron chi connectivity index (χ4n) is 4.52. The van der Waals surface area contributed by atoms with Crippen molar-refractivity contribution in [3.63, 3.8) is 0 Å². The number of hydrogen-bond donors (Lipinski definition) is 0. The number of rotatable bonds is 3. The zero-order valence-corrected chi connectivity index (χ0v) is 16.1. The van der Waals surface area contributed by atoms with Crippen molar-refractivity contribution in [2.24, 2.45) is 5.92 Å². The van der Waals surface area contributed by atoms with Gasteiger partial charge in [0.25, 0.3) is 0 Å². The number of halogens is 1. The fraction of sp³-hybridized carbons (Fsp3) is 0.292. The van der Waals surface area contributed by atoms with Gasteiger partial charge in [0.1, 0.15) is 5.65 Å². The highest BCUT2D eigenvalue weighted by atomic mass is 35.5. The van der Waals surface area contributed by atoms with Gasteiger partial charge in [0.05, 0.1) is 11.4 Å². The fourth-order valence-corrected chi connectivity index (χ4v) is 4.64. The lowest BCUT2D eigenvalue weighted by molar-refractivity contribution is 0.354. The first kappa shape index (κ1) is 16.8. The molecule has 2 nitrogen and oxygen atoms in total. The summed E-state index contributed by atoms with van der Waals surface area (Å²) in [6.45, 7) is 0. The average molecular weight is 375 g/mol. The Morgan fingerprint density at radius 1 is 0.926 bits per heavy atom. The molecular formula is C24H23ClN2. The Morgan fingerprint density at radius 3 is 2.52 bits per heavy atom. The Balaban J connectivity index is 1.71. The molecule has 1 aliphatic carbocycles. The first-order valence-corrected chi connectivity index (χ1v) is 10.3. The van der Waals surface area contributed by atoms with E-state index in [1.54, 1.807) is 0 Å². The Hall–Kier alpha value is -2.32. The lowest BCUT2D eigenvalue weighted by atomic mass is 9.85. The quantitative estimate of drug-likeness (QED) is 0.380. The van der Waals surface area contributed by atoms with E-state index in [4.69, 9.17) is 16.6 Å². The molecule has 1 aliphatic rings. The van der Waals surface area contributed by atoms with Gasteiger partial charge in [0, 0.05) is 22.2 Å². The summed E-state index contributed by atoms with van der Waals surface area (Å²) >= 11 is 6.13. The SMILES string of the molecule is Clc1ccc(-c2nc3c4ccccc4ccn3c2CC2CCCCC2)cc1. The van der Waals surface area contributed by atoms with Crippen LogP contribution in [0.2, 0.25) is 5.02 Å². The minimum Gasteiger partial charge on any atom is -0.303 e. The molecule has 2 aromatic carbocycles. The molecule has 27 heavy (non-hydrogen) atoms. The van der Waals surface area contributed by atoms with Gasteiger partial charge < -0.3 is 4.40 Å². The number of pyridine rings is 1. The zero-order chi connectivity index (χ0) is 18.2. The molecule has 0 saturated heterocycles. The summed E-state index contributed by atoms with van der Waals surface area (Å²) in [6, 6.07) is 18.8. The van der Waals surface area contributed by atoms with Crippen molar-refractivity contribution in [3.8, 4) is 11.3 Å². The van der Waals surface area contributed by atoms with Gasteiger partial charge in [-0.15, -0.1) is 0 Å². The largest absolute Gasteiger partial charge is 0.303 e. The van der Waals surface area contributed by atoms with E-state index in [-0.39, 0.29) is 0 Å². The predicted octanol–water partition coefficient (Wildman–Crippen LogP) is 6.93.